The van der Waals surface area contributed by atoms with Crippen LogP contribution in [0.2, 0.25) is 5.02 Å². The summed E-state index contributed by atoms with van der Waals surface area (Å²) in [4.78, 5) is 33.2. The van der Waals surface area contributed by atoms with Gasteiger partial charge in [0.25, 0.3) is 0 Å². The standard InChI is InChI=1S/C21H26ClN3O2/c1-21(2,3)20(27)25-9-4-5-18(25)19(26)24-10-8-17-15(12-24)14-11-13(22)6-7-16(14)23-17/h6-7,11,18,23H,4-5,8-10,12H2,1-3H3. The maximum absolute atomic E-state index is 13.3. The fourth-order valence-corrected chi connectivity index (χ4v) is 4.45. The lowest BCUT2D eigenvalue weighted by Gasteiger charge is -2.35. The van der Waals surface area contributed by atoms with Crippen LogP contribution in [0, 0.1) is 5.41 Å². The van der Waals surface area contributed by atoms with Crippen LogP contribution in [0.5, 0.6) is 0 Å². The number of carbonyl (C=O) groups is 2. The average Bonchev–Trinajstić information content (AvgIpc) is 3.23. The summed E-state index contributed by atoms with van der Waals surface area (Å²) in [5, 5.41) is 1.79. The Bertz CT molecular complexity index is 912. The summed E-state index contributed by atoms with van der Waals surface area (Å²) in [5.74, 6) is 0.141. The number of aromatic nitrogens is 1. The molecule has 6 heteroatoms. The van der Waals surface area contributed by atoms with E-state index in [2.05, 4.69) is 4.98 Å². The summed E-state index contributed by atoms with van der Waals surface area (Å²) < 4.78 is 0. The molecule has 2 aromatic rings. The van der Waals surface area contributed by atoms with E-state index in [4.69, 9.17) is 11.6 Å². The van der Waals surface area contributed by atoms with Crippen molar-refractivity contribution in [2.24, 2.45) is 5.41 Å². The summed E-state index contributed by atoms with van der Waals surface area (Å²) in [5.41, 5.74) is 2.93. The van der Waals surface area contributed by atoms with Crippen LogP contribution in [0.1, 0.15) is 44.9 Å². The van der Waals surface area contributed by atoms with Gasteiger partial charge in [-0.25, -0.2) is 0 Å². The number of H-pyrrole nitrogens is 1. The molecule has 1 fully saturated rings. The van der Waals surface area contributed by atoms with Crippen LogP contribution in [0.3, 0.4) is 0 Å². The van der Waals surface area contributed by atoms with Gasteiger partial charge >= 0.3 is 0 Å². The lowest BCUT2D eigenvalue weighted by molar-refractivity contribution is -0.148. The molecule has 0 radical (unpaired) electrons. The molecule has 5 nitrogen and oxygen atoms in total. The largest absolute Gasteiger partial charge is 0.358 e. The van der Waals surface area contributed by atoms with Crippen molar-refractivity contribution in [3.8, 4) is 0 Å². The zero-order valence-corrected chi connectivity index (χ0v) is 16.9. The molecule has 27 heavy (non-hydrogen) atoms. The molecule has 3 heterocycles. The molecule has 1 saturated heterocycles. The van der Waals surface area contributed by atoms with Crippen molar-refractivity contribution in [2.45, 2.75) is 52.6 Å². The van der Waals surface area contributed by atoms with Crippen molar-refractivity contribution < 1.29 is 9.59 Å². The summed E-state index contributed by atoms with van der Waals surface area (Å²) >= 11 is 6.18. The first-order chi connectivity index (χ1) is 12.8. The number of hydrogen-bond donors (Lipinski definition) is 1. The molecule has 4 rings (SSSR count). The van der Waals surface area contributed by atoms with E-state index in [1.807, 2.05) is 43.9 Å². The van der Waals surface area contributed by atoms with Gasteiger partial charge in [0.15, 0.2) is 0 Å². The number of benzene rings is 1. The van der Waals surface area contributed by atoms with E-state index in [0.717, 1.165) is 35.7 Å². The number of likely N-dealkylation sites (tertiary alicyclic amines) is 1. The van der Waals surface area contributed by atoms with E-state index in [0.29, 0.717) is 24.7 Å². The Hall–Kier alpha value is -2.01. The van der Waals surface area contributed by atoms with Crippen LogP contribution in [0.15, 0.2) is 18.2 Å². The second-order valence-corrected chi connectivity index (χ2v) is 9.12. The van der Waals surface area contributed by atoms with Crippen LogP contribution in [-0.2, 0) is 22.6 Å². The highest BCUT2D eigenvalue weighted by Gasteiger charge is 2.40. The van der Waals surface area contributed by atoms with Crippen molar-refractivity contribution in [3.63, 3.8) is 0 Å². The molecule has 2 aliphatic rings. The molecule has 1 aromatic heterocycles. The molecule has 2 amide bonds. The highest BCUT2D eigenvalue weighted by Crippen LogP contribution is 2.32. The first kappa shape index (κ1) is 18.4. The van der Waals surface area contributed by atoms with Crippen LogP contribution < -0.4 is 0 Å². The molecular formula is C21H26ClN3O2. The van der Waals surface area contributed by atoms with Crippen molar-refractivity contribution in [1.29, 1.82) is 0 Å². The number of fused-ring (bicyclic) bond motifs is 3. The lowest BCUT2D eigenvalue weighted by Crippen LogP contribution is -2.51. The second kappa shape index (κ2) is 6.55. The Kier molecular flexibility index (Phi) is 4.46. The van der Waals surface area contributed by atoms with E-state index in [9.17, 15) is 9.59 Å². The molecular weight excluding hydrogens is 362 g/mol. The summed E-state index contributed by atoms with van der Waals surface area (Å²) in [6.45, 7) is 7.67. The molecule has 1 N–H and O–H groups in total. The number of rotatable bonds is 1. The number of amides is 2. The molecule has 0 aliphatic carbocycles. The van der Waals surface area contributed by atoms with E-state index in [-0.39, 0.29) is 17.9 Å². The maximum atomic E-state index is 13.3. The Balaban J connectivity index is 1.58. The summed E-state index contributed by atoms with van der Waals surface area (Å²) in [6, 6.07) is 5.50. The van der Waals surface area contributed by atoms with Gasteiger partial charge in [0, 0.05) is 58.7 Å². The van der Waals surface area contributed by atoms with Crippen molar-refractivity contribution >= 4 is 34.3 Å². The van der Waals surface area contributed by atoms with Gasteiger partial charge in [-0.2, -0.15) is 0 Å². The molecule has 2 aliphatic heterocycles. The number of nitrogens with zero attached hydrogens (tertiary/aromatic N) is 2. The van der Waals surface area contributed by atoms with Gasteiger partial charge < -0.3 is 14.8 Å². The van der Waals surface area contributed by atoms with E-state index < -0.39 is 5.41 Å². The van der Waals surface area contributed by atoms with E-state index >= 15 is 0 Å². The predicted molar refractivity (Wildman–Crippen MR) is 107 cm³/mol. The first-order valence-corrected chi connectivity index (χ1v) is 10.0. The number of nitrogens with one attached hydrogen (secondary N) is 1. The van der Waals surface area contributed by atoms with E-state index in [1.165, 1.54) is 5.69 Å². The van der Waals surface area contributed by atoms with Gasteiger partial charge in [0.2, 0.25) is 11.8 Å². The van der Waals surface area contributed by atoms with Gasteiger partial charge in [-0.05, 0) is 31.0 Å². The molecule has 0 saturated carbocycles. The van der Waals surface area contributed by atoms with Gasteiger partial charge in [0.1, 0.15) is 6.04 Å². The van der Waals surface area contributed by atoms with Crippen LogP contribution in [0.25, 0.3) is 10.9 Å². The van der Waals surface area contributed by atoms with E-state index in [1.54, 1.807) is 4.90 Å². The topological polar surface area (TPSA) is 56.4 Å². The number of aromatic amines is 1. The quantitative estimate of drug-likeness (QED) is 0.810. The van der Waals surface area contributed by atoms with Gasteiger partial charge in [0.05, 0.1) is 0 Å². The van der Waals surface area contributed by atoms with Gasteiger partial charge in [-0.15, -0.1) is 0 Å². The third-order valence-electron chi connectivity index (χ3n) is 5.69. The van der Waals surface area contributed by atoms with Crippen molar-refractivity contribution in [2.75, 3.05) is 13.1 Å². The fourth-order valence-electron chi connectivity index (χ4n) is 4.28. The number of hydrogen-bond acceptors (Lipinski definition) is 2. The maximum Gasteiger partial charge on any atom is 0.245 e. The predicted octanol–water partition coefficient (Wildman–Crippen LogP) is 3.74. The second-order valence-electron chi connectivity index (χ2n) is 8.69. The normalized spacial score (nSPS) is 20.2. The number of halogens is 1. The third kappa shape index (κ3) is 3.22. The fraction of sp³-hybridized carbons (Fsp3) is 0.524. The zero-order valence-electron chi connectivity index (χ0n) is 16.1. The summed E-state index contributed by atoms with van der Waals surface area (Å²) in [7, 11) is 0. The average molecular weight is 388 g/mol. The minimum atomic E-state index is -0.467. The molecule has 1 aromatic carbocycles. The smallest absolute Gasteiger partial charge is 0.245 e. The lowest BCUT2D eigenvalue weighted by atomic mass is 9.94. The Morgan fingerprint density at radius 3 is 2.74 bits per heavy atom. The molecule has 1 atom stereocenters. The van der Waals surface area contributed by atoms with Crippen LogP contribution in [0.4, 0.5) is 0 Å². The van der Waals surface area contributed by atoms with Crippen molar-refractivity contribution in [3.05, 3.63) is 34.5 Å². The third-order valence-corrected chi connectivity index (χ3v) is 5.92. The van der Waals surface area contributed by atoms with Crippen LogP contribution in [-0.4, -0.2) is 45.7 Å². The highest BCUT2D eigenvalue weighted by atomic mass is 35.5. The molecule has 1 unspecified atom stereocenters. The minimum absolute atomic E-state index is 0.0647. The number of carbonyl (C=O) groups excluding carboxylic acids is 2. The SMILES string of the molecule is CC(C)(C)C(=O)N1CCCC1C(=O)N1CCc2[nH]c3ccc(Cl)cc3c2C1. The molecule has 0 spiro atoms. The minimum Gasteiger partial charge on any atom is -0.358 e. The highest BCUT2D eigenvalue weighted by molar-refractivity contribution is 6.31. The molecule has 144 valence electrons. The summed E-state index contributed by atoms with van der Waals surface area (Å²) in [6.07, 6.45) is 2.44. The molecule has 0 bridgehead atoms. The van der Waals surface area contributed by atoms with Crippen molar-refractivity contribution in [1.82, 2.24) is 14.8 Å². The van der Waals surface area contributed by atoms with Gasteiger partial charge in [-0.3, -0.25) is 9.59 Å². The Morgan fingerprint density at radius 1 is 1.22 bits per heavy atom. The first-order valence-electron chi connectivity index (χ1n) is 9.64. The van der Waals surface area contributed by atoms with Gasteiger partial charge in [-0.1, -0.05) is 32.4 Å². The Morgan fingerprint density at radius 2 is 2.00 bits per heavy atom. The zero-order chi connectivity index (χ0) is 19.3. The Labute approximate surface area is 164 Å². The monoisotopic (exact) mass is 387 g/mol. The van der Waals surface area contributed by atoms with Crippen LogP contribution >= 0.6 is 11.6 Å².